The van der Waals surface area contributed by atoms with E-state index in [1.807, 2.05) is 11.8 Å². The van der Waals surface area contributed by atoms with Gasteiger partial charge < -0.3 is 15.7 Å². The van der Waals surface area contributed by atoms with Crippen molar-refractivity contribution in [2.45, 2.75) is 71.4 Å². The van der Waals surface area contributed by atoms with Crippen LogP contribution in [0.1, 0.15) is 59.8 Å². The minimum Gasteiger partial charge on any atom is -0.390 e. The van der Waals surface area contributed by atoms with Gasteiger partial charge in [0.15, 0.2) is 0 Å². The number of amides is 1. The molecule has 1 aliphatic carbocycles. The molecule has 4 atom stereocenters. The SMILES string of the molecule is CC1C(N)CCC(C(=O)N2CCCC(C)(O)CC2)C1(C)C. The molecule has 0 aromatic heterocycles. The fourth-order valence-corrected chi connectivity index (χ4v) is 4.00. The molecule has 1 aliphatic heterocycles. The van der Waals surface area contributed by atoms with Gasteiger partial charge in [0.1, 0.15) is 0 Å². The molecular formula is C17H32N2O2. The van der Waals surface area contributed by atoms with E-state index in [1.165, 1.54) is 0 Å². The van der Waals surface area contributed by atoms with Gasteiger partial charge in [-0.15, -0.1) is 0 Å². The molecule has 2 rings (SSSR count). The van der Waals surface area contributed by atoms with Gasteiger partial charge in [0.2, 0.25) is 5.91 Å². The number of carbonyl (C=O) groups is 1. The van der Waals surface area contributed by atoms with Gasteiger partial charge in [0, 0.05) is 25.0 Å². The Kier molecular flexibility index (Phi) is 4.69. The van der Waals surface area contributed by atoms with Crippen LogP contribution in [0.4, 0.5) is 0 Å². The van der Waals surface area contributed by atoms with Crippen molar-refractivity contribution in [2.24, 2.45) is 23.0 Å². The molecule has 4 nitrogen and oxygen atoms in total. The van der Waals surface area contributed by atoms with E-state index in [0.717, 1.165) is 32.2 Å². The molecule has 2 fully saturated rings. The van der Waals surface area contributed by atoms with E-state index in [0.29, 0.717) is 18.9 Å². The van der Waals surface area contributed by atoms with E-state index >= 15 is 0 Å². The number of carbonyl (C=O) groups excluding carboxylic acids is 1. The van der Waals surface area contributed by atoms with Gasteiger partial charge in [0.05, 0.1) is 5.60 Å². The van der Waals surface area contributed by atoms with E-state index in [1.54, 1.807) is 0 Å². The van der Waals surface area contributed by atoms with Crippen LogP contribution in [0.5, 0.6) is 0 Å². The highest BCUT2D eigenvalue weighted by Crippen LogP contribution is 2.45. The molecule has 4 heteroatoms. The smallest absolute Gasteiger partial charge is 0.226 e. The molecule has 0 aromatic carbocycles. The van der Waals surface area contributed by atoms with Gasteiger partial charge in [-0.25, -0.2) is 0 Å². The number of hydrogen-bond donors (Lipinski definition) is 2. The number of aliphatic hydroxyl groups is 1. The van der Waals surface area contributed by atoms with Gasteiger partial charge in [-0.1, -0.05) is 20.8 Å². The standard InChI is InChI=1S/C17H32N2O2/c1-12-14(18)7-6-13(16(12,2)3)15(20)19-10-5-8-17(4,21)9-11-19/h12-14,21H,5-11,18H2,1-4H3. The van der Waals surface area contributed by atoms with Crippen LogP contribution in [0.2, 0.25) is 0 Å². The van der Waals surface area contributed by atoms with Gasteiger partial charge >= 0.3 is 0 Å². The molecule has 21 heavy (non-hydrogen) atoms. The molecule has 0 bridgehead atoms. The first-order valence-corrected chi connectivity index (χ1v) is 8.42. The van der Waals surface area contributed by atoms with Crippen LogP contribution >= 0.6 is 0 Å². The van der Waals surface area contributed by atoms with Crippen molar-refractivity contribution in [3.63, 3.8) is 0 Å². The number of hydrogen-bond acceptors (Lipinski definition) is 3. The van der Waals surface area contributed by atoms with E-state index < -0.39 is 5.60 Å². The average molecular weight is 296 g/mol. The van der Waals surface area contributed by atoms with E-state index in [2.05, 4.69) is 20.8 Å². The lowest BCUT2D eigenvalue weighted by atomic mass is 9.60. The highest BCUT2D eigenvalue weighted by molar-refractivity contribution is 5.80. The van der Waals surface area contributed by atoms with Crippen molar-refractivity contribution < 1.29 is 9.90 Å². The third kappa shape index (κ3) is 3.42. The second-order valence-corrected chi connectivity index (χ2v) is 8.08. The topological polar surface area (TPSA) is 66.6 Å². The van der Waals surface area contributed by atoms with Crippen LogP contribution in [0.3, 0.4) is 0 Å². The largest absolute Gasteiger partial charge is 0.390 e. The van der Waals surface area contributed by atoms with Crippen molar-refractivity contribution in [1.29, 1.82) is 0 Å². The van der Waals surface area contributed by atoms with Crippen LogP contribution in [-0.2, 0) is 4.79 Å². The number of likely N-dealkylation sites (tertiary alicyclic amines) is 1. The van der Waals surface area contributed by atoms with Crippen molar-refractivity contribution in [3.05, 3.63) is 0 Å². The lowest BCUT2D eigenvalue weighted by Gasteiger charge is -2.47. The first-order valence-electron chi connectivity index (χ1n) is 8.42. The lowest BCUT2D eigenvalue weighted by Crippen LogP contribution is -2.52. The Hall–Kier alpha value is -0.610. The normalized spacial score (nSPS) is 40.7. The zero-order valence-electron chi connectivity index (χ0n) is 14.1. The highest BCUT2D eigenvalue weighted by Gasteiger charge is 2.46. The average Bonchev–Trinajstić information content (AvgIpc) is 2.56. The molecule has 0 spiro atoms. The summed E-state index contributed by atoms with van der Waals surface area (Å²) in [7, 11) is 0. The Bertz CT molecular complexity index is 392. The van der Waals surface area contributed by atoms with Gasteiger partial charge in [-0.05, 0) is 50.4 Å². The molecule has 4 unspecified atom stereocenters. The van der Waals surface area contributed by atoms with Crippen LogP contribution < -0.4 is 5.73 Å². The summed E-state index contributed by atoms with van der Waals surface area (Å²) in [4.78, 5) is 15.0. The predicted octanol–water partition coefficient (Wildman–Crippen LogP) is 2.15. The maximum atomic E-state index is 13.0. The quantitative estimate of drug-likeness (QED) is 0.779. The Labute approximate surface area is 129 Å². The van der Waals surface area contributed by atoms with Gasteiger partial charge in [-0.2, -0.15) is 0 Å². The second-order valence-electron chi connectivity index (χ2n) is 8.08. The van der Waals surface area contributed by atoms with Crippen molar-refractivity contribution >= 4 is 5.91 Å². The first-order chi connectivity index (χ1) is 9.65. The van der Waals surface area contributed by atoms with Crippen molar-refractivity contribution in [3.8, 4) is 0 Å². The van der Waals surface area contributed by atoms with Crippen LogP contribution in [0.15, 0.2) is 0 Å². The van der Waals surface area contributed by atoms with E-state index in [4.69, 9.17) is 5.73 Å². The summed E-state index contributed by atoms with van der Waals surface area (Å²) >= 11 is 0. The third-order valence-corrected chi connectivity index (χ3v) is 6.18. The Morgan fingerprint density at radius 3 is 2.52 bits per heavy atom. The number of nitrogens with two attached hydrogens (primary N) is 1. The molecule has 1 heterocycles. The summed E-state index contributed by atoms with van der Waals surface area (Å²) in [6, 6.07) is 0.203. The van der Waals surface area contributed by atoms with E-state index in [-0.39, 0.29) is 23.3 Å². The molecule has 1 saturated heterocycles. The summed E-state index contributed by atoms with van der Waals surface area (Å²) < 4.78 is 0. The first kappa shape index (κ1) is 16.8. The Morgan fingerprint density at radius 1 is 1.19 bits per heavy atom. The summed E-state index contributed by atoms with van der Waals surface area (Å²) in [6.45, 7) is 9.89. The predicted molar refractivity (Wildman–Crippen MR) is 84.7 cm³/mol. The zero-order valence-corrected chi connectivity index (χ0v) is 14.1. The summed E-state index contributed by atoms with van der Waals surface area (Å²) in [6.07, 6.45) is 4.19. The third-order valence-electron chi connectivity index (χ3n) is 6.18. The Morgan fingerprint density at radius 2 is 1.86 bits per heavy atom. The Balaban J connectivity index is 2.09. The summed E-state index contributed by atoms with van der Waals surface area (Å²) in [5, 5.41) is 10.2. The molecule has 2 aliphatic rings. The monoisotopic (exact) mass is 296 g/mol. The number of nitrogens with zero attached hydrogens (tertiary/aromatic N) is 1. The van der Waals surface area contributed by atoms with Gasteiger partial charge in [0.25, 0.3) is 0 Å². The van der Waals surface area contributed by atoms with Crippen LogP contribution in [0.25, 0.3) is 0 Å². The molecule has 3 N–H and O–H groups in total. The lowest BCUT2D eigenvalue weighted by molar-refractivity contribution is -0.143. The van der Waals surface area contributed by atoms with Crippen molar-refractivity contribution in [2.75, 3.05) is 13.1 Å². The summed E-state index contributed by atoms with van der Waals surface area (Å²) in [5.74, 6) is 0.696. The highest BCUT2D eigenvalue weighted by atomic mass is 16.3. The minimum atomic E-state index is -0.618. The second kappa shape index (κ2) is 5.88. The molecule has 122 valence electrons. The molecule has 1 saturated carbocycles. The maximum Gasteiger partial charge on any atom is 0.226 e. The van der Waals surface area contributed by atoms with E-state index in [9.17, 15) is 9.90 Å². The van der Waals surface area contributed by atoms with Crippen LogP contribution in [-0.4, -0.2) is 40.6 Å². The van der Waals surface area contributed by atoms with Gasteiger partial charge in [-0.3, -0.25) is 4.79 Å². The number of rotatable bonds is 1. The molecule has 1 amide bonds. The zero-order chi connectivity index (χ0) is 15.8. The maximum absolute atomic E-state index is 13.0. The fourth-order valence-electron chi connectivity index (χ4n) is 4.00. The fraction of sp³-hybridized carbons (Fsp3) is 0.941. The molecule has 0 radical (unpaired) electrons. The molecule has 0 aromatic rings. The molecular weight excluding hydrogens is 264 g/mol. The minimum absolute atomic E-state index is 0.0520. The van der Waals surface area contributed by atoms with Crippen molar-refractivity contribution in [1.82, 2.24) is 4.90 Å². The van der Waals surface area contributed by atoms with Crippen LogP contribution in [0, 0.1) is 17.3 Å². The summed E-state index contributed by atoms with van der Waals surface area (Å²) in [5.41, 5.74) is 5.53.